The van der Waals surface area contributed by atoms with Crippen LogP contribution in [0.2, 0.25) is 0 Å². The monoisotopic (exact) mass is 184 g/mol. The molecule has 0 aliphatic carbocycles. The predicted molar refractivity (Wildman–Crippen MR) is 51.4 cm³/mol. The van der Waals surface area contributed by atoms with Gasteiger partial charge in [-0.2, -0.15) is 0 Å². The van der Waals surface area contributed by atoms with Crippen LogP contribution in [-0.4, -0.2) is 25.0 Å². The highest BCUT2D eigenvalue weighted by Crippen LogP contribution is 1.99. The van der Waals surface area contributed by atoms with Gasteiger partial charge in [-0.05, 0) is 0 Å². The van der Waals surface area contributed by atoms with Crippen LogP contribution in [0.15, 0.2) is 15.9 Å². The van der Waals surface area contributed by atoms with Gasteiger partial charge >= 0.3 is 0 Å². The van der Waals surface area contributed by atoms with E-state index in [9.17, 15) is 0 Å². The summed E-state index contributed by atoms with van der Waals surface area (Å²) in [4.78, 5) is 8.11. The summed E-state index contributed by atoms with van der Waals surface area (Å²) in [6.45, 7) is 0.719. The normalized spacial score (nSPS) is 11.3. The zero-order valence-corrected chi connectivity index (χ0v) is 7.98. The first-order valence-corrected chi connectivity index (χ1v) is 4.56. The summed E-state index contributed by atoms with van der Waals surface area (Å²) in [7, 11) is 3.57. The molecule has 4 nitrogen and oxygen atoms in total. The molecule has 0 aromatic carbocycles. The second-order valence-electron chi connectivity index (χ2n) is 2.16. The molecule has 0 saturated carbocycles. The Kier molecular flexibility index (Phi) is 3.53. The maximum absolute atomic E-state index is 4.13. The van der Waals surface area contributed by atoms with Crippen molar-refractivity contribution in [2.24, 2.45) is 4.99 Å². The van der Waals surface area contributed by atoms with Gasteiger partial charge in [0.1, 0.15) is 0 Å². The molecule has 0 unspecified atom stereocenters. The van der Waals surface area contributed by atoms with Crippen LogP contribution in [0.5, 0.6) is 0 Å². The molecule has 0 bridgehead atoms. The van der Waals surface area contributed by atoms with Crippen LogP contribution in [0.4, 0.5) is 0 Å². The molecule has 0 aliphatic heterocycles. The Balaban J connectivity index is 2.35. The number of nitrogens with zero attached hydrogens (tertiary/aromatic N) is 2. The molecule has 1 aromatic heterocycles. The van der Waals surface area contributed by atoms with Gasteiger partial charge in [0.2, 0.25) is 0 Å². The van der Waals surface area contributed by atoms with E-state index >= 15 is 0 Å². The van der Waals surface area contributed by atoms with E-state index in [4.69, 9.17) is 0 Å². The van der Waals surface area contributed by atoms with Gasteiger partial charge in [0.25, 0.3) is 0 Å². The number of hydrogen-bond donors (Lipinski definition) is 2. The van der Waals surface area contributed by atoms with Crippen molar-refractivity contribution in [2.75, 3.05) is 14.1 Å². The third-order valence-corrected chi connectivity index (χ3v) is 2.02. The van der Waals surface area contributed by atoms with Crippen LogP contribution >= 0.6 is 11.3 Å². The zero-order chi connectivity index (χ0) is 8.81. The summed E-state index contributed by atoms with van der Waals surface area (Å²) in [5.74, 6) is 0.781. The van der Waals surface area contributed by atoms with Crippen LogP contribution in [0.3, 0.4) is 0 Å². The fourth-order valence-corrected chi connectivity index (χ4v) is 1.34. The quantitative estimate of drug-likeness (QED) is 0.518. The average molecular weight is 184 g/mol. The highest BCUT2D eigenvalue weighted by Gasteiger charge is 1.95. The number of aromatic nitrogens is 1. The number of guanidine groups is 1. The van der Waals surface area contributed by atoms with Crippen LogP contribution in [0.1, 0.15) is 5.69 Å². The van der Waals surface area contributed by atoms with E-state index in [-0.39, 0.29) is 0 Å². The Morgan fingerprint density at radius 2 is 2.58 bits per heavy atom. The first-order chi connectivity index (χ1) is 5.86. The van der Waals surface area contributed by atoms with Gasteiger partial charge in [-0.25, -0.2) is 4.98 Å². The highest BCUT2D eigenvalue weighted by atomic mass is 32.1. The van der Waals surface area contributed by atoms with Crippen molar-refractivity contribution in [2.45, 2.75) is 6.54 Å². The van der Waals surface area contributed by atoms with Crippen molar-refractivity contribution in [3.05, 3.63) is 16.6 Å². The number of thiazole rings is 1. The number of hydrogen-bond acceptors (Lipinski definition) is 3. The molecule has 1 heterocycles. The van der Waals surface area contributed by atoms with Crippen molar-refractivity contribution in [1.82, 2.24) is 15.6 Å². The molecular weight excluding hydrogens is 172 g/mol. The van der Waals surface area contributed by atoms with E-state index < -0.39 is 0 Å². The molecule has 0 aliphatic rings. The zero-order valence-electron chi connectivity index (χ0n) is 7.16. The van der Waals surface area contributed by atoms with Gasteiger partial charge in [0.05, 0.1) is 17.7 Å². The summed E-state index contributed by atoms with van der Waals surface area (Å²) < 4.78 is 0. The van der Waals surface area contributed by atoms with E-state index in [0.717, 1.165) is 18.2 Å². The summed E-state index contributed by atoms with van der Waals surface area (Å²) >= 11 is 1.60. The lowest BCUT2D eigenvalue weighted by molar-refractivity contribution is 0.844. The Bertz CT molecular complexity index is 242. The Hall–Kier alpha value is -1.10. The van der Waals surface area contributed by atoms with Crippen molar-refractivity contribution < 1.29 is 0 Å². The van der Waals surface area contributed by atoms with Crippen LogP contribution in [0, 0.1) is 0 Å². The fourth-order valence-electron chi connectivity index (χ4n) is 0.778. The first kappa shape index (κ1) is 8.99. The molecule has 2 N–H and O–H groups in total. The second kappa shape index (κ2) is 4.71. The minimum absolute atomic E-state index is 0.719. The highest BCUT2D eigenvalue weighted by molar-refractivity contribution is 7.07. The van der Waals surface area contributed by atoms with E-state index in [0.29, 0.717) is 0 Å². The second-order valence-corrected chi connectivity index (χ2v) is 2.87. The fraction of sp³-hybridized carbons (Fsp3) is 0.429. The molecule has 0 radical (unpaired) electrons. The van der Waals surface area contributed by atoms with E-state index in [1.165, 1.54) is 0 Å². The number of aliphatic imine (C=N–C) groups is 1. The minimum atomic E-state index is 0.719. The van der Waals surface area contributed by atoms with E-state index in [2.05, 4.69) is 20.6 Å². The van der Waals surface area contributed by atoms with Gasteiger partial charge in [-0.15, -0.1) is 11.3 Å². The van der Waals surface area contributed by atoms with Gasteiger partial charge in [0, 0.05) is 19.5 Å². The minimum Gasteiger partial charge on any atom is -0.359 e. The standard InChI is InChI=1S/C7H12N4S/c1-8-7(9-2)10-3-6-4-12-5-11-6/h4-5H,3H2,1-2H3,(H2,8,9,10). The molecule has 0 fully saturated rings. The summed E-state index contributed by atoms with van der Waals surface area (Å²) in [5.41, 5.74) is 2.86. The van der Waals surface area contributed by atoms with Gasteiger partial charge in [-0.1, -0.05) is 0 Å². The molecule has 66 valence electrons. The van der Waals surface area contributed by atoms with Crippen LogP contribution in [0.25, 0.3) is 0 Å². The lowest BCUT2D eigenvalue weighted by Gasteiger charge is -2.05. The smallest absolute Gasteiger partial charge is 0.191 e. The molecule has 0 saturated heterocycles. The predicted octanol–water partition coefficient (Wildman–Crippen LogP) is 0.438. The molecule has 1 aromatic rings. The Morgan fingerprint density at radius 1 is 1.75 bits per heavy atom. The SMILES string of the molecule is CN=C(NC)NCc1cscn1. The topological polar surface area (TPSA) is 49.3 Å². The summed E-state index contributed by atoms with van der Waals surface area (Å²) in [6, 6.07) is 0. The number of nitrogens with one attached hydrogen (secondary N) is 2. The maximum Gasteiger partial charge on any atom is 0.191 e. The Labute approximate surface area is 75.7 Å². The maximum atomic E-state index is 4.13. The van der Waals surface area contributed by atoms with Crippen molar-refractivity contribution in [3.63, 3.8) is 0 Å². The molecule has 0 amide bonds. The van der Waals surface area contributed by atoms with Gasteiger partial charge in [-0.3, -0.25) is 4.99 Å². The molecule has 1 rings (SSSR count). The lowest BCUT2D eigenvalue weighted by atomic mass is 10.5. The third kappa shape index (κ3) is 2.50. The average Bonchev–Trinajstić information content (AvgIpc) is 2.59. The van der Waals surface area contributed by atoms with Crippen molar-refractivity contribution in [3.8, 4) is 0 Å². The lowest BCUT2D eigenvalue weighted by Crippen LogP contribution is -2.34. The molecule has 0 atom stereocenters. The van der Waals surface area contributed by atoms with Crippen molar-refractivity contribution >= 4 is 17.3 Å². The van der Waals surface area contributed by atoms with E-state index in [1.54, 1.807) is 18.4 Å². The summed E-state index contributed by atoms with van der Waals surface area (Å²) in [5, 5.41) is 8.04. The van der Waals surface area contributed by atoms with Crippen LogP contribution in [-0.2, 0) is 6.54 Å². The van der Waals surface area contributed by atoms with Gasteiger partial charge < -0.3 is 10.6 Å². The molecule has 5 heteroatoms. The molecule has 0 spiro atoms. The first-order valence-electron chi connectivity index (χ1n) is 3.62. The Morgan fingerprint density at radius 3 is 3.08 bits per heavy atom. The number of rotatable bonds is 2. The molecule has 12 heavy (non-hydrogen) atoms. The summed E-state index contributed by atoms with van der Waals surface area (Å²) in [6.07, 6.45) is 0. The molecular formula is C7H12N4S. The third-order valence-electron chi connectivity index (χ3n) is 1.38. The van der Waals surface area contributed by atoms with Crippen molar-refractivity contribution in [1.29, 1.82) is 0 Å². The van der Waals surface area contributed by atoms with Gasteiger partial charge in [0.15, 0.2) is 5.96 Å². The largest absolute Gasteiger partial charge is 0.359 e. The van der Waals surface area contributed by atoms with Crippen LogP contribution < -0.4 is 10.6 Å². The van der Waals surface area contributed by atoms with E-state index in [1.807, 2.05) is 17.9 Å².